The second-order valence-corrected chi connectivity index (χ2v) is 4.58. The van der Waals surface area contributed by atoms with Gasteiger partial charge in [-0.15, -0.1) is 0 Å². The maximum absolute atomic E-state index is 10.7. The lowest BCUT2D eigenvalue weighted by atomic mass is 10.4. The summed E-state index contributed by atoms with van der Waals surface area (Å²) >= 11 is 1.25. The molecule has 0 aliphatic heterocycles. The lowest BCUT2D eigenvalue weighted by Crippen LogP contribution is -2.26. The molecule has 4 N–H and O–H groups in total. The Morgan fingerprint density at radius 1 is 1.53 bits per heavy atom. The van der Waals surface area contributed by atoms with Gasteiger partial charge >= 0.3 is 0 Å². The average Bonchev–Trinajstić information content (AvgIpc) is 2.55. The van der Waals surface area contributed by atoms with Crippen molar-refractivity contribution in [1.82, 2.24) is 9.69 Å². The van der Waals surface area contributed by atoms with Gasteiger partial charge in [0, 0.05) is 20.0 Å². The van der Waals surface area contributed by atoms with Crippen LogP contribution in [0.5, 0.6) is 5.75 Å². The molecular weight excluding hydrogens is 240 g/mol. The van der Waals surface area contributed by atoms with Crippen LogP contribution in [0.15, 0.2) is 0 Å². The molecule has 17 heavy (non-hydrogen) atoms. The molecule has 0 radical (unpaired) electrons. The Bertz CT molecular complexity index is 378. The first-order chi connectivity index (χ1) is 8.00. The number of carbonyl (C=O) groups is 1. The number of nitrogens with two attached hydrogens (primary N) is 1. The smallest absolute Gasteiger partial charge is 0.216 e. The van der Waals surface area contributed by atoms with Gasteiger partial charge in [0.05, 0.1) is 6.10 Å². The zero-order valence-electron chi connectivity index (χ0n) is 10.2. The Morgan fingerprint density at radius 2 is 2.24 bits per heavy atom. The monoisotopic (exact) mass is 258 g/mol. The van der Waals surface area contributed by atoms with E-state index in [9.17, 15) is 4.79 Å². The molecule has 0 aliphatic rings. The van der Waals surface area contributed by atoms with Crippen LogP contribution in [0.3, 0.4) is 0 Å². The molecule has 0 saturated heterocycles. The van der Waals surface area contributed by atoms with Crippen LogP contribution in [0.1, 0.15) is 20.8 Å². The topological polar surface area (TPSA) is 89.3 Å². The van der Waals surface area contributed by atoms with Crippen molar-refractivity contribution in [3.63, 3.8) is 0 Å². The van der Waals surface area contributed by atoms with Crippen molar-refractivity contribution in [2.24, 2.45) is 0 Å². The van der Waals surface area contributed by atoms with Crippen molar-refractivity contribution in [2.45, 2.75) is 26.9 Å². The molecule has 1 rings (SSSR count). The van der Waals surface area contributed by atoms with Gasteiger partial charge in [0.15, 0.2) is 16.6 Å². The highest BCUT2D eigenvalue weighted by Crippen LogP contribution is 2.35. The first-order valence-corrected chi connectivity index (χ1v) is 6.18. The van der Waals surface area contributed by atoms with Crippen LogP contribution in [0, 0.1) is 0 Å². The molecule has 7 heteroatoms. The summed E-state index contributed by atoms with van der Waals surface area (Å²) in [5.41, 5.74) is 5.71. The minimum Gasteiger partial charge on any atom is -0.484 e. The molecule has 1 aromatic heterocycles. The van der Waals surface area contributed by atoms with Crippen LogP contribution < -0.4 is 21.1 Å². The number of nitrogen functional groups attached to an aromatic ring is 1. The highest BCUT2D eigenvalue weighted by molar-refractivity contribution is 7.11. The third kappa shape index (κ3) is 4.48. The Kier molecular flexibility index (Phi) is 5.02. The van der Waals surface area contributed by atoms with Crippen LogP contribution in [0.25, 0.3) is 0 Å². The Balaban J connectivity index is 2.50. The van der Waals surface area contributed by atoms with Crippen LogP contribution in [0.4, 0.5) is 10.8 Å². The van der Waals surface area contributed by atoms with Gasteiger partial charge in [-0.05, 0) is 25.4 Å². The molecule has 0 aromatic carbocycles. The molecule has 6 nitrogen and oxygen atoms in total. The number of anilines is 2. The average molecular weight is 258 g/mol. The highest BCUT2D eigenvalue weighted by atomic mass is 32.1. The summed E-state index contributed by atoms with van der Waals surface area (Å²) < 4.78 is 9.60. The molecule has 0 bridgehead atoms. The molecular formula is C10H18N4O2S. The minimum absolute atomic E-state index is 0.0459. The second-order valence-electron chi connectivity index (χ2n) is 3.80. The molecule has 96 valence electrons. The molecule has 0 spiro atoms. The van der Waals surface area contributed by atoms with Gasteiger partial charge in [0.1, 0.15) is 0 Å². The van der Waals surface area contributed by atoms with Gasteiger partial charge in [0.25, 0.3) is 0 Å². The van der Waals surface area contributed by atoms with E-state index in [-0.39, 0.29) is 12.0 Å². The van der Waals surface area contributed by atoms with Gasteiger partial charge in [-0.1, -0.05) is 0 Å². The van der Waals surface area contributed by atoms with E-state index in [0.717, 1.165) is 5.00 Å². The largest absolute Gasteiger partial charge is 0.484 e. The van der Waals surface area contributed by atoms with Gasteiger partial charge < -0.3 is 21.1 Å². The van der Waals surface area contributed by atoms with Crippen molar-refractivity contribution < 1.29 is 9.53 Å². The Labute approximate surface area is 105 Å². The van der Waals surface area contributed by atoms with E-state index in [0.29, 0.717) is 24.7 Å². The van der Waals surface area contributed by atoms with E-state index < -0.39 is 0 Å². The summed E-state index contributed by atoms with van der Waals surface area (Å²) in [5, 5.41) is 6.62. The fraction of sp³-hybridized carbons (Fsp3) is 0.600. The van der Waals surface area contributed by atoms with E-state index in [2.05, 4.69) is 15.0 Å². The maximum atomic E-state index is 10.7. The van der Waals surface area contributed by atoms with Crippen molar-refractivity contribution in [1.29, 1.82) is 0 Å². The lowest BCUT2D eigenvalue weighted by Gasteiger charge is -2.11. The van der Waals surface area contributed by atoms with E-state index in [1.807, 2.05) is 13.8 Å². The van der Waals surface area contributed by atoms with Crippen LogP contribution in [0.2, 0.25) is 0 Å². The predicted octanol–water partition coefficient (Wildman–Crippen LogP) is 1.06. The quantitative estimate of drug-likeness (QED) is 0.664. The van der Waals surface area contributed by atoms with Crippen molar-refractivity contribution in [2.75, 3.05) is 24.1 Å². The number of hydrogen-bond acceptors (Lipinski definition) is 6. The predicted molar refractivity (Wildman–Crippen MR) is 69.5 cm³/mol. The van der Waals surface area contributed by atoms with Gasteiger partial charge in [-0.3, -0.25) is 4.79 Å². The summed E-state index contributed by atoms with van der Waals surface area (Å²) in [6.45, 7) is 6.50. The standard InChI is InChI=1S/C10H18N4O2S/c1-6(2)16-8-9(11)14-17-10(8)13-5-4-12-7(3)15/h6,13H,4-5H2,1-3H3,(H2,11,14)(H,12,15). The normalized spacial score (nSPS) is 10.4. The molecule has 0 aliphatic carbocycles. The molecule has 0 atom stereocenters. The third-order valence-electron chi connectivity index (χ3n) is 1.81. The highest BCUT2D eigenvalue weighted by Gasteiger charge is 2.13. The summed E-state index contributed by atoms with van der Waals surface area (Å²) in [4.78, 5) is 10.7. The van der Waals surface area contributed by atoms with Crippen molar-refractivity contribution in [3.8, 4) is 5.75 Å². The van der Waals surface area contributed by atoms with E-state index in [4.69, 9.17) is 10.5 Å². The lowest BCUT2D eigenvalue weighted by molar-refractivity contribution is -0.118. The molecule has 1 amide bonds. The van der Waals surface area contributed by atoms with Crippen molar-refractivity contribution in [3.05, 3.63) is 0 Å². The summed E-state index contributed by atoms with van der Waals surface area (Å²) in [5.74, 6) is 0.938. The number of ether oxygens (including phenoxy) is 1. The Hall–Kier alpha value is -1.50. The molecule has 0 saturated carbocycles. The SMILES string of the molecule is CC(=O)NCCNc1snc(N)c1OC(C)C. The minimum atomic E-state index is -0.0470. The number of nitrogens with zero attached hydrogens (tertiary/aromatic N) is 1. The molecule has 0 unspecified atom stereocenters. The van der Waals surface area contributed by atoms with E-state index in [1.54, 1.807) is 0 Å². The summed E-state index contributed by atoms with van der Waals surface area (Å²) in [6.07, 6.45) is 0.0459. The molecule has 0 fully saturated rings. The van der Waals surface area contributed by atoms with E-state index >= 15 is 0 Å². The number of rotatable bonds is 6. The third-order valence-corrected chi connectivity index (χ3v) is 2.61. The van der Waals surface area contributed by atoms with Crippen LogP contribution in [-0.2, 0) is 4.79 Å². The van der Waals surface area contributed by atoms with Gasteiger partial charge in [-0.25, -0.2) is 0 Å². The van der Waals surface area contributed by atoms with Crippen LogP contribution in [-0.4, -0.2) is 29.5 Å². The zero-order valence-corrected chi connectivity index (χ0v) is 11.1. The first-order valence-electron chi connectivity index (χ1n) is 5.40. The Morgan fingerprint density at radius 3 is 2.82 bits per heavy atom. The molecule has 1 heterocycles. The second kappa shape index (κ2) is 6.29. The zero-order chi connectivity index (χ0) is 12.8. The number of aromatic nitrogens is 1. The van der Waals surface area contributed by atoms with Gasteiger partial charge in [0.2, 0.25) is 5.91 Å². The number of carbonyl (C=O) groups excluding carboxylic acids is 1. The summed E-state index contributed by atoms with van der Waals surface area (Å²) in [6, 6.07) is 0. The number of nitrogens with one attached hydrogen (secondary N) is 2. The fourth-order valence-corrected chi connectivity index (χ4v) is 1.85. The van der Waals surface area contributed by atoms with Crippen molar-refractivity contribution >= 4 is 28.3 Å². The van der Waals surface area contributed by atoms with E-state index in [1.165, 1.54) is 18.5 Å². The molecule has 1 aromatic rings. The number of hydrogen-bond donors (Lipinski definition) is 3. The van der Waals surface area contributed by atoms with Gasteiger partial charge in [-0.2, -0.15) is 4.37 Å². The fourth-order valence-electron chi connectivity index (χ4n) is 1.17. The van der Waals surface area contributed by atoms with Crippen LogP contribution >= 0.6 is 11.5 Å². The summed E-state index contributed by atoms with van der Waals surface area (Å²) in [7, 11) is 0. The number of amides is 1. The first kappa shape index (κ1) is 13.6. The maximum Gasteiger partial charge on any atom is 0.216 e.